The molecule has 0 saturated heterocycles. The monoisotopic (exact) mass is 1730 g/mol. The Balaban J connectivity index is 0.000000178. The number of cyclic esters (lactones) is 1. The summed E-state index contributed by atoms with van der Waals surface area (Å²) in [6, 6.07) is 52.4. The second-order valence-electron chi connectivity index (χ2n) is 32.2. The maximum absolute atomic E-state index is 13.2. The molecule has 128 heavy (non-hydrogen) atoms. The SMILES string of the molecule is CCCN(CCC)C(=O)C1=Cc2ccc(-c3ccc(CCC(C)=O)cc3)cc2N=C(N)C1.CCCN(CCC)C(=O)C1=Cc2ccc(-c3ccc(OCC(=O)O)cc3)cc2N=C(N)C1.CCCN(CCC)C(=O)C1=Cc2ccc(-c3ccc(OCC(C)=O)cc3)cc2N=C(N)C1.CCCN(CCCO)C(=O)C1=Cc2ccc(-c3ccc4c(c3)COC4=O)cc2N=C(N)C1. The number of hydrogen-bond acceptors (Lipinski definition) is 20. The zero-order valence-electron chi connectivity index (χ0n) is 75.1. The number of aliphatic hydroxyl groups is 1. The molecule has 0 aromatic heterocycles. The molecule has 8 aromatic carbocycles. The highest BCUT2D eigenvalue weighted by Crippen LogP contribution is 2.39. The van der Waals surface area contributed by atoms with Crippen LogP contribution in [0.4, 0.5) is 22.7 Å². The Hall–Kier alpha value is -13.7. The van der Waals surface area contributed by atoms with Gasteiger partial charge in [-0.3, -0.25) is 24.0 Å². The number of aliphatic imine (C=N–C) groups is 4. The lowest BCUT2D eigenvalue weighted by Gasteiger charge is -2.23. The number of carboxylic acids is 1. The number of aliphatic carboxylic acids is 1. The number of carbonyl (C=O) groups excluding carboxylic acids is 7. The zero-order chi connectivity index (χ0) is 91.9. The molecule has 13 rings (SSSR count). The molecule has 8 aromatic rings. The number of fused-ring (bicyclic) bond motifs is 5. The van der Waals surface area contributed by atoms with Gasteiger partial charge in [0.2, 0.25) is 23.6 Å². The van der Waals surface area contributed by atoms with Crippen molar-refractivity contribution in [3.8, 4) is 56.0 Å². The van der Waals surface area contributed by atoms with E-state index in [1.807, 2.05) is 161 Å². The molecule has 0 atom stereocenters. The number of aliphatic hydroxyl groups excluding tert-OH is 1. The maximum Gasteiger partial charge on any atom is 0.341 e. The molecule has 0 saturated carbocycles. The fraction of sp³-hybridized carbons (Fsp3) is 0.340. The number of amides is 4. The molecule has 0 unspecified atom stereocenters. The van der Waals surface area contributed by atoms with Crippen molar-refractivity contribution in [2.75, 3.05) is 72.2 Å². The van der Waals surface area contributed by atoms with Crippen LogP contribution in [0.15, 0.2) is 206 Å². The topological polar surface area (TPSA) is 371 Å². The van der Waals surface area contributed by atoms with Crippen LogP contribution < -0.4 is 32.4 Å². The van der Waals surface area contributed by atoms with Crippen molar-refractivity contribution in [1.29, 1.82) is 0 Å². The molecule has 0 spiro atoms. The van der Waals surface area contributed by atoms with Gasteiger partial charge in [0.1, 0.15) is 53.8 Å². The van der Waals surface area contributed by atoms with Crippen molar-refractivity contribution in [2.24, 2.45) is 42.9 Å². The molecule has 4 amide bonds. The van der Waals surface area contributed by atoms with E-state index in [1.54, 1.807) is 30.0 Å². The fourth-order valence-corrected chi connectivity index (χ4v) is 15.4. The number of carbonyl (C=O) groups is 8. The number of nitrogens with zero attached hydrogens (tertiary/aromatic N) is 8. The van der Waals surface area contributed by atoms with E-state index in [1.165, 1.54) is 6.92 Å². The summed E-state index contributed by atoms with van der Waals surface area (Å²) in [7, 11) is 0. The van der Waals surface area contributed by atoms with E-state index in [0.717, 1.165) is 180 Å². The Labute approximate surface area is 750 Å². The molecule has 670 valence electrons. The van der Waals surface area contributed by atoms with Crippen LogP contribution in [0, 0.1) is 0 Å². The summed E-state index contributed by atoms with van der Waals surface area (Å²) in [5, 5.41) is 17.9. The molecule has 25 heteroatoms. The molecule has 25 nitrogen and oxygen atoms in total. The van der Waals surface area contributed by atoms with E-state index in [4.69, 9.17) is 47.4 Å². The molecule has 0 aliphatic carbocycles. The average molecular weight is 1730 g/mol. The van der Waals surface area contributed by atoms with Crippen molar-refractivity contribution in [1.82, 2.24) is 19.6 Å². The molecular weight excluding hydrogens is 1610 g/mol. The Morgan fingerprint density at radius 2 is 0.680 bits per heavy atom. The normalized spacial score (nSPS) is 13.3. The molecule has 0 radical (unpaired) electrons. The lowest BCUT2D eigenvalue weighted by molar-refractivity contribution is -0.139. The van der Waals surface area contributed by atoms with Crippen molar-refractivity contribution < 1.29 is 62.8 Å². The van der Waals surface area contributed by atoms with Crippen molar-refractivity contribution >= 4 is 118 Å². The van der Waals surface area contributed by atoms with Crippen molar-refractivity contribution in [3.05, 3.63) is 225 Å². The fourth-order valence-electron chi connectivity index (χ4n) is 15.4. The van der Waals surface area contributed by atoms with Crippen LogP contribution >= 0.6 is 0 Å². The Kier molecular flexibility index (Phi) is 35.9. The summed E-state index contributed by atoms with van der Waals surface area (Å²) in [5.41, 5.74) is 44.3. The van der Waals surface area contributed by atoms with E-state index >= 15 is 0 Å². The van der Waals surface area contributed by atoms with Gasteiger partial charge in [-0.15, -0.1) is 0 Å². The third-order valence-corrected chi connectivity index (χ3v) is 21.5. The van der Waals surface area contributed by atoms with Gasteiger partial charge in [-0.25, -0.2) is 29.6 Å². The van der Waals surface area contributed by atoms with Crippen molar-refractivity contribution in [3.63, 3.8) is 0 Å². The van der Waals surface area contributed by atoms with E-state index in [2.05, 4.69) is 91.8 Å². The lowest BCUT2D eigenvalue weighted by Crippen LogP contribution is -2.35. The van der Waals surface area contributed by atoms with Crippen LogP contribution in [0.5, 0.6) is 11.5 Å². The zero-order valence-corrected chi connectivity index (χ0v) is 75.1. The van der Waals surface area contributed by atoms with E-state index in [0.29, 0.717) is 119 Å². The lowest BCUT2D eigenvalue weighted by atomic mass is 9.98. The summed E-state index contributed by atoms with van der Waals surface area (Å²) in [5.74, 6) is 1.71. The minimum absolute atomic E-state index is 0.0146. The highest BCUT2D eigenvalue weighted by atomic mass is 16.5. The van der Waals surface area contributed by atoms with Gasteiger partial charge in [-0.1, -0.05) is 152 Å². The average Bonchev–Trinajstić information content (AvgIpc) is 1.62. The first-order valence-corrected chi connectivity index (χ1v) is 44.3. The number of carboxylic acid groups (broad SMARTS) is 1. The first kappa shape index (κ1) is 96.5. The Bertz CT molecular complexity index is 5180. The van der Waals surface area contributed by atoms with E-state index < -0.39 is 5.97 Å². The highest BCUT2D eigenvalue weighted by Gasteiger charge is 2.28. The number of ketones is 2. The maximum atomic E-state index is 13.2. The number of amidine groups is 4. The molecule has 0 fully saturated rings. The number of benzene rings is 8. The van der Waals surface area contributed by atoms with Gasteiger partial charge >= 0.3 is 11.9 Å². The van der Waals surface area contributed by atoms with Gasteiger partial charge in [0.25, 0.3) is 0 Å². The molecule has 5 heterocycles. The second-order valence-corrected chi connectivity index (χ2v) is 32.2. The minimum Gasteiger partial charge on any atom is -0.486 e. The van der Waals surface area contributed by atoms with Crippen LogP contribution in [0.2, 0.25) is 0 Å². The van der Waals surface area contributed by atoms with Gasteiger partial charge < -0.3 is 71.8 Å². The summed E-state index contributed by atoms with van der Waals surface area (Å²) in [6.07, 6.45) is 17.1. The van der Waals surface area contributed by atoms with Gasteiger partial charge in [-0.05, 0) is 207 Å². The van der Waals surface area contributed by atoms with Crippen LogP contribution in [-0.4, -0.2) is 172 Å². The molecule has 10 N–H and O–H groups in total. The van der Waals surface area contributed by atoms with Gasteiger partial charge in [0.05, 0.1) is 28.3 Å². The number of Topliss-reactive ketones (excluding diaryl/α,β-unsaturated/α-hetero) is 2. The number of ether oxygens (including phenoxy) is 3. The summed E-state index contributed by atoms with van der Waals surface area (Å²) < 4.78 is 15.7. The van der Waals surface area contributed by atoms with Crippen molar-refractivity contribution in [2.45, 2.75) is 159 Å². The third-order valence-electron chi connectivity index (χ3n) is 21.5. The largest absolute Gasteiger partial charge is 0.486 e. The number of nitrogens with two attached hydrogens (primary N) is 4. The molecule has 0 bridgehead atoms. The number of hydrogen-bond donors (Lipinski definition) is 6. The Morgan fingerprint density at radius 3 is 0.992 bits per heavy atom. The van der Waals surface area contributed by atoms with Gasteiger partial charge in [0.15, 0.2) is 12.4 Å². The van der Waals surface area contributed by atoms with Gasteiger partial charge in [0, 0.05) is 141 Å². The second kappa shape index (κ2) is 47.6. The molecular formula is C103H120N12O13. The minimum atomic E-state index is -1.02. The number of esters is 1. The smallest absolute Gasteiger partial charge is 0.341 e. The highest BCUT2D eigenvalue weighted by molar-refractivity contribution is 6.09. The van der Waals surface area contributed by atoms with Crippen LogP contribution in [-0.2, 0) is 51.3 Å². The summed E-state index contributed by atoms with van der Waals surface area (Å²) >= 11 is 0. The van der Waals surface area contributed by atoms with Crippen LogP contribution in [0.25, 0.3) is 68.8 Å². The predicted octanol–water partition coefficient (Wildman–Crippen LogP) is 17.7. The molecule has 5 aliphatic rings. The van der Waals surface area contributed by atoms with E-state index in [9.17, 15) is 38.4 Å². The van der Waals surface area contributed by atoms with Gasteiger partial charge in [-0.2, -0.15) is 0 Å². The predicted molar refractivity (Wildman–Crippen MR) is 511 cm³/mol. The van der Waals surface area contributed by atoms with E-state index in [-0.39, 0.29) is 74.0 Å². The number of rotatable bonds is 34. The quantitative estimate of drug-likeness (QED) is 0.0204. The molecule has 5 aliphatic heterocycles. The van der Waals surface area contributed by atoms with Crippen LogP contribution in [0.1, 0.15) is 190 Å². The standard InChI is InChI=1S/C27H33N3O2.C26H31N3O3.C25H27N3O4.C25H29N3O4/c1-4-14-30(15-5-2)27(32)24-16-23-13-12-22(17-25(23)29-26(28)18-24)21-10-8-20(9-11-21)7-6-19(3)31;1-4-12-29(13-5-2)26(31)22-14-21-7-6-20(15-24(21)28-25(27)16-22)19-8-10-23(11-9-19)32-17-18(3)30;1-2-8-28(9-3-10-29)24(30)19-12-18-5-4-17(13-22(18)27-23(26)14-19)16-6-7-21-20(11-16)15-32-25(21)31;1-3-11-28(12-4-2)25(31)20-13-19-6-5-18(14-22(19)27-23(26)15-20)17-7-9-21(10-8-17)32-16-24(29)30/h8-13,16-17H,4-7,14-15,18H2,1-3H3,(H2,28,29);6-11,14-15H,4-5,12-13,16-17H2,1-3H3,(H2,27,28);4-7,11-13,29H,2-3,8-10,14-15H2,1H3,(H2,26,27);5-10,13-14H,3-4,11-12,15-16H2,1-2H3,(H2,26,27)(H,29,30). The first-order chi connectivity index (χ1) is 61.7. The Morgan fingerprint density at radius 1 is 0.383 bits per heavy atom. The number of aryl methyl sites for hydroxylation is 1. The third kappa shape index (κ3) is 27.2. The first-order valence-electron chi connectivity index (χ1n) is 44.3. The summed E-state index contributed by atoms with van der Waals surface area (Å²) in [4.78, 5) is 123. The van der Waals surface area contributed by atoms with Crippen LogP contribution in [0.3, 0.4) is 0 Å². The summed E-state index contributed by atoms with van der Waals surface area (Å²) in [6.45, 7) is 23.1.